The molecule has 0 radical (unpaired) electrons. The van der Waals surface area contributed by atoms with E-state index >= 15 is 0 Å². The highest BCUT2D eigenvalue weighted by Crippen LogP contribution is 2.20. The number of rotatable bonds is 4. The Morgan fingerprint density at radius 2 is 1.78 bits per heavy atom. The van der Waals surface area contributed by atoms with Crippen LogP contribution in [-0.2, 0) is 13.0 Å². The highest BCUT2D eigenvalue weighted by Gasteiger charge is 2.11. The molecule has 4 rings (SSSR count). The summed E-state index contributed by atoms with van der Waals surface area (Å²) >= 11 is 5.40. The van der Waals surface area contributed by atoms with Gasteiger partial charge in [0.2, 0.25) is 0 Å². The topological polar surface area (TPSA) is 49.4 Å². The molecule has 0 amide bonds. The van der Waals surface area contributed by atoms with E-state index in [1.54, 1.807) is 0 Å². The molecule has 4 nitrogen and oxygen atoms in total. The van der Waals surface area contributed by atoms with Crippen molar-refractivity contribution in [3.63, 3.8) is 0 Å². The third-order valence-electron chi connectivity index (χ3n) is 4.04. The number of para-hydroxylation sites is 1. The van der Waals surface area contributed by atoms with Gasteiger partial charge in [0, 0.05) is 23.5 Å². The average molecular weight is 320 g/mol. The Bertz CT molecular complexity index is 994. The smallest absolute Gasteiger partial charge is 0.195 e. The van der Waals surface area contributed by atoms with E-state index in [2.05, 4.69) is 56.3 Å². The van der Waals surface area contributed by atoms with E-state index in [1.165, 1.54) is 16.5 Å². The Kier molecular flexibility index (Phi) is 3.55. The lowest BCUT2D eigenvalue weighted by molar-refractivity contribution is 0.733. The predicted octanol–water partition coefficient (Wildman–Crippen LogP) is 4.06. The molecular formula is C18H16N4S. The monoisotopic (exact) mass is 320 g/mol. The number of nitrogens with one attached hydrogen (secondary N) is 2. The van der Waals surface area contributed by atoms with Gasteiger partial charge in [0.25, 0.3) is 0 Å². The molecule has 0 aliphatic heterocycles. The van der Waals surface area contributed by atoms with Gasteiger partial charge < -0.3 is 4.98 Å². The lowest BCUT2D eigenvalue weighted by Crippen LogP contribution is -2.06. The number of aromatic nitrogens is 4. The zero-order chi connectivity index (χ0) is 15.6. The van der Waals surface area contributed by atoms with Crippen LogP contribution in [0.15, 0.2) is 60.8 Å². The van der Waals surface area contributed by atoms with Gasteiger partial charge in [0.05, 0.1) is 6.54 Å². The van der Waals surface area contributed by atoms with Gasteiger partial charge >= 0.3 is 0 Å². The fraction of sp³-hybridized carbons (Fsp3) is 0.111. The van der Waals surface area contributed by atoms with Gasteiger partial charge in [0.1, 0.15) is 5.82 Å². The number of hydrogen-bond acceptors (Lipinski definition) is 2. The molecule has 0 bridgehead atoms. The number of nitrogens with zero attached hydrogens (tertiary/aromatic N) is 2. The summed E-state index contributed by atoms with van der Waals surface area (Å²) in [4.78, 5) is 3.31. The zero-order valence-electron chi connectivity index (χ0n) is 12.5. The zero-order valence-corrected chi connectivity index (χ0v) is 13.3. The van der Waals surface area contributed by atoms with Gasteiger partial charge in [-0.25, -0.2) is 0 Å². The first-order valence-electron chi connectivity index (χ1n) is 7.54. The highest BCUT2D eigenvalue weighted by molar-refractivity contribution is 7.71. The molecule has 2 aromatic carbocycles. The van der Waals surface area contributed by atoms with Crippen LogP contribution in [0.3, 0.4) is 0 Å². The van der Waals surface area contributed by atoms with Gasteiger partial charge in [-0.05, 0) is 29.4 Å². The lowest BCUT2D eigenvalue weighted by Gasteiger charge is -2.06. The van der Waals surface area contributed by atoms with Crippen molar-refractivity contribution >= 4 is 23.1 Å². The SMILES string of the molecule is S=c1[nH]nc(Cc2c[nH]c3ccccc23)n1Cc1ccccc1. The van der Waals surface area contributed by atoms with E-state index in [4.69, 9.17) is 12.2 Å². The van der Waals surface area contributed by atoms with Gasteiger partial charge in [-0.15, -0.1) is 0 Å². The van der Waals surface area contributed by atoms with Crippen LogP contribution >= 0.6 is 12.2 Å². The van der Waals surface area contributed by atoms with Crippen LogP contribution in [0, 0.1) is 4.77 Å². The van der Waals surface area contributed by atoms with E-state index in [-0.39, 0.29) is 0 Å². The van der Waals surface area contributed by atoms with Gasteiger partial charge in [0.15, 0.2) is 4.77 Å². The molecule has 0 unspecified atom stereocenters. The van der Waals surface area contributed by atoms with Crippen LogP contribution in [-0.4, -0.2) is 19.7 Å². The molecule has 5 heteroatoms. The maximum atomic E-state index is 5.40. The van der Waals surface area contributed by atoms with E-state index in [9.17, 15) is 0 Å². The van der Waals surface area contributed by atoms with Crippen molar-refractivity contribution < 1.29 is 0 Å². The number of benzene rings is 2. The second-order valence-corrected chi connectivity index (χ2v) is 5.94. The van der Waals surface area contributed by atoms with Crippen molar-refractivity contribution in [3.8, 4) is 0 Å². The number of hydrogen-bond donors (Lipinski definition) is 2. The molecule has 4 aromatic rings. The Morgan fingerprint density at radius 3 is 2.65 bits per heavy atom. The number of aromatic amines is 2. The van der Waals surface area contributed by atoms with E-state index in [0.29, 0.717) is 4.77 Å². The number of fused-ring (bicyclic) bond motifs is 1. The van der Waals surface area contributed by atoms with Crippen molar-refractivity contribution in [1.82, 2.24) is 19.7 Å². The van der Waals surface area contributed by atoms with Crippen LogP contribution in [0.5, 0.6) is 0 Å². The summed E-state index contributed by atoms with van der Waals surface area (Å²) in [6.45, 7) is 0.730. The first-order valence-corrected chi connectivity index (χ1v) is 7.95. The fourth-order valence-electron chi connectivity index (χ4n) is 2.86. The van der Waals surface area contributed by atoms with Crippen LogP contribution in [0.25, 0.3) is 10.9 Å². The molecule has 23 heavy (non-hydrogen) atoms. The molecule has 0 atom stereocenters. The van der Waals surface area contributed by atoms with Crippen molar-refractivity contribution in [2.75, 3.05) is 0 Å². The maximum absolute atomic E-state index is 5.40. The summed E-state index contributed by atoms with van der Waals surface area (Å²) in [6.07, 6.45) is 2.79. The molecule has 0 saturated heterocycles. The van der Waals surface area contributed by atoms with Crippen molar-refractivity contribution in [1.29, 1.82) is 0 Å². The summed E-state index contributed by atoms with van der Waals surface area (Å²) in [5.41, 5.74) is 3.58. The van der Waals surface area contributed by atoms with Gasteiger partial charge in [-0.3, -0.25) is 9.67 Å². The maximum Gasteiger partial charge on any atom is 0.195 e. The van der Waals surface area contributed by atoms with E-state index < -0.39 is 0 Å². The molecule has 0 aliphatic carbocycles. The first kappa shape index (κ1) is 14.0. The molecule has 0 aliphatic rings. The van der Waals surface area contributed by atoms with Gasteiger partial charge in [-0.1, -0.05) is 48.5 Å². The number of H-pyrrole nitrogens is 2. The predicted molar refractivity (Wildman–Crippen MR) is 94.1 cm³/mol. The summed E-state index contributed by atoms with van der Waals surface area (Å²) in [5.74, 6) is 0.948. The van der Waals surface area contributed by atoms with Crippen LogP contribution in [0.2, 0.25) is 0 Å². The molecule has 0 spiro atoms. The largest absolute Gasteiger partial charge is 0.361 e. The minimum atomic E-state index is 0.656. The second-order valence-electron chi connectivity index (χ2n) is 5.55. The van der Waals surface area contributed by atoms with Crippen LogP contribution < -0.4 is 0 Å². The fourth-order valence-corrected chi connectivity index (χ4v) is 3.08. The molecule has 2 heterocycles. The minimum absolute atomic E-state index is 0.656. The molecule has 2 aromatic heterocycles. The normalized spacial score (nSPS) is 11.1. The Hall–Kier alpha value is -2.66. The van der Waals surface area contributed by atoms with E-state index in [0.717, 1.165) is 24.3 Å². The van der Waals surface area contributed by atoms with Crippen molar-refractivity contribution in [3.05, 3.63) is 82.5 Å². The van der Waals surface area contributed by atoms with Crippen LogP contribution in [0.4, 0.5) is 0 Å². The van der Waals surface area contributed by atoms with Crippen LogP contribution in [0.1, 0.15) is 17.0 Å². The van der Waals surface area contributed by atoms with Crippen molar-refractivity contribution in [2.24, 2.45) is 0 Å². The lowest BCUT2D eigenvalue weighted by atomic mass is 10.1. The highest BCUT2D eigenvalue weighted by atomic mass is 32.1. The third-order valence-corrected chi connectivity index (χ3v) is 4.36. The standard InChI is InChI=1S/C18H16N4S/c23-18-21-20-17(22(18)12-13-6-2-1-3-7-13)10-14-11-19-16-9-5-4-8-15(14)16/h1-9,11,19H,10,12H2,(H,21,23). The molecule has 114 valence electrons. The molecule has 0 saturated carbocycles. The quantitative estimate of drug-likeness (QED) is 0.557. The second kappa shape index (κ2) is 5.85. The summed E-state index contributed by atoms with van der Waals surface area (Å²) < 4.78 is 2.72. The van der Waals surface area contributed by atoms with E-state index in [1.807, 2.05) is 24.3 Å². The summed E-state index contributed by atoms with van der Waals surface area (Å²) in [7, 11) is 0. The summed E-state index contributed by atoms with van der Waals surface area (Å²) in [5, 5.41) is 8.58. The Balaban J connectivity index is 1.69. The van der Waals surface area contributed by atoms with Gasteiger partial charge in [-0.2, -0.15) is 5.10 Å². The minimum Gasteiger partial charge on any atom is -0.361 e. The average Bonchev–Trinajstić information content (AvgIpc) is 3.15. The Labute approximate surface area is 138 Å². The van der Waals surface area contributed by atoms with Crippen molar-refractivity contribution in [2.45, 2.75) is 13.0 Å². The molecule has 0 fully saturated rings. The third kappa shape index (κ3) is 2.71. The Morgan fingerprint density at radius 1 is 1.00 bits per heavy atom. The first-order chi connectivity index (χ1) is 11.3. The molecule has 2 N–H and O–H groups in total. The summed E-state index contributed by atoms with van der Waals surface area (Å²) in [6, 6.07) is 18.6. The molecular weight excluding hydrogens is 304 g/mol.